The Bertz CT molecular complexity index is 4740. The molecular formula is C104H126N10O10. The number of fused-ring (bicyclic) bond motifs is 6. The van der Waals surface area contributed by atoms with Crippen LogP contribution in [0.25, 0.3) is 0 Å². The molecule has 20 nitrogen and oxygen atoms in total. The van der Waals surface area contributed by atoms with Crippen LogP contribution < -0.4 is 34.3 Å². The van der Waals surface area contributed by atoms with E-state index in [9.17, 15) is 14.4 Å². The van der Waals surface area contributed by atoms with E-state index in [0.717, 1.165) is 91.4 Å². The molecule has 11 aromatic carbocycles. The van der Waals surface area contributed by atoms with Crippen molar-refractivity contribution >= 4 is 57.7 Å². The summed E-state index contributed by atoms with van der Waals surface area (Å²) in [7, 11) is 3.65. The summed E-state index contributed by atoms with van der Waals surface area (Å²) in [5.41, 5.74) is 23.2. The Morgan fingerprint density at radius 2 is 0.540 bits per heavy atom. The topological polar surface area (TPSA) is 212 Å². The first-order valence-corrected chi connectivity index (χ1v) is 43.3. The number of nitrogens with zero attached hydrogens (tertiary/aromatic N) is 10. The molecule has 0 saturated carbocycles. The second-order valence-electron chi connectivity index (χ2n) is 29.5. The molecule has 17 rings (SSSR count). The summed E-state index contributed by atoms with van der Waals surface area (Å²) in [6.07, 6.45) is 10.6. The van der Waals surface area contributed by atoms with Crippen LogP contribution >= 0.6 is 0 Å². The highest BCUT2D eigenvalue weighted by molar-refractivity contribution is 5.78. The van der Waals surface area contributed by atoms with Crippen LogP contribution in [0.1, 0.15) is 116 Å². The number of hydrogen-bond acceptors (Lipinski definition) is 18. The Morgan fingerprint density at radius 1 is 0.339 bits per heavy atom. The summed E-state index contributed by atoms with van der Waals surface area (Å²) in [6.45, 7) is 23.9. The molecule has 0 bridgehead atoms. The van der Waals surface area contributed by atoms with Gasteiger partial charge in [0.2, 0.25) is 0 Å². The lowest BCUT2D eigenvalue weighted by molar-refractivity contribution is -0.445. The Balaban J connectivity index is 0.000000194. The molecular weight excluding hydrogens is 1550 g/mol. The SMILES string of the molecule is CC.CC#N.CCOC(=O)CN(C)c1ccccc1.CCOC(=O)CN1CCCc2ccccc21.CCOC(=O)CN1CCc2ccccc21.C[N+](=O)[O-].C[N+](=O)[O-].c1ccc(CN2CCCc3ccccc32)cc1.c1ccc(CN2CCCc3ccccc32)cc1.c1ccc(CN2CCc3ccccc32)cc1.c1ccc(CN2CCc3ccccc32)cc1. The molecule has 0 saturated heterocycles. The fourth-order valence-electron chi connectivity index (χ4n) is 15.2. The van der Waals surface area contributed by atoms with E-state index in [1.54, 1.807) is 13.0 Å². The monoisotopic (exact) mass is 1670 g/mol. The maximum atomic E-state index is 11.5. The summed E-state index contributed by atoms with van der Waals surface area (Å²) in [6, 6.07) is 106. The van der Waals surface area contributed by atoms with Crippen LogP contribution in [0.5, 0.6) is 0 Å². The quantitative estimate of drug-likeness (QED) is 0.0338. The maximum Gasteiger partial charge on any atom is 0.325 e. The van der Waals surface area contributed by atoms with Gasteiger partial charge in [0.1, 0.15) is 19.6 Å². The molecule has 0 fully saturated rings. The Kier molecular flexibility index (Phi) is 44.5. The van der Waals surface area contributed by atoms with Gasteiger partial charge in [-0.15, -0.1) is 0 Å². The standard InChI is InChI=1S/2C16H17N.2C15H15N.C13H17NO2.C12H15NO2.C11H15NO2.C2H3N.C2H6.2CH3NO2/c2*1-2-7-14(8-3-1)13-17-12-6-10-15-9-4-5-11-16(15)17;2*1-2-6-13(7-3-1)12-16-11-10-14-8-4-5-9-15(14)16;1-2-16-13(15)10-14-9-5-7-11-6-3-4-8-12(11)14;1-2-15-12(14)9-13-8-7-10-5-3-4-6-11(10)13;1-3-14-11(13)9-12(2)10-7-5-4-6-8-10;1-2-3;1-2;2*1-2(3)4/h2*1-5,7-9,11H,6,10,12-13H2;2*1-9H,10-12H2;3-4,6,8H,2,5,7,9-10H2,1H3;3-6H,2,7-9H2,1H3;4-8H,3,9H2,1-2H3;1H3;1-2H3;2*1H3. The van der Waals surface area contributed by atoms with Gasteiger partial charge in [-0.2, -0.15) is 5.26 Å². The first-order chi connectivity index (χ1) is 60.5. The van der Waals surface area contributed by atoms with E-state index >= 15 is 0 Å². The number of carbonyl (C=O) groups is 3. The molecule has 0 atom stereocenters. The minimum Gasteiger partial charge on any atom is -0.465 e. The predicted molar refractivity (Wildman–Crippen MR) is 507 cm³/mol. The van der Waals surface area contributed by atoms with Crippen LogP contribution in [0.3, 0.4) is 0 Å². The molecule has 0 aromatic heterocycles. The second kappa shape index (κ2) is 56.3. The molecule has 0 unspecified atom stereocenters. The summed E-state index contributed by atoms with van der Waals surface area (Å²) in [5, 5.41) is 24.9. The lowest BCUT2D eigenvalue weighted by atomic mass is 10.0. The van der Waals surface area contributed by atoms with E-state index in [2.05, 4.69) is 272 Å². The highest BCUT2D eigenvalue weighted by Crippen LogP contribution is 2.34. The Hall–Kier alpha value is -13.3. The smallest absolute Gasteiger partial charge is 0.325 e. The molecule has 11 aromatic rings. The number of anilines is 7. The van der Waals surface area contributed by atoms with Gasteiger partial charge in [-0.25, -0.2) is 0 Å². The van der Waals surface area contributed by atoms with Crippen LogP contribution in [0.15, 0.2) is 297 Å². The van der Waals surface area contributed by atoms with Crippen LogP contribution in [-0.2, 0) is 93.3 Å². The summed E-state index contributed by atoms with van der Waals surface area (Å²) >= 11 is 0. The molecule has 20 heteroatoms. The van der Waals surface area contributed by atoms with Gasteiger partial charge in [0.25, 0.3) is 0 Å². The average molecular weight is 1680 g/mol. The number of nitro groups is 2. The zero-order valence-electron chi connectivity index (χ0n) is 74.0. The number of hydrogen-bond donors (Lipinski definition) is 0. The highest BCUT2D eigenvalue weighted by atomic mass is 16.6. The lowest BCUT2D eigenvalue weighted by Gasteiger charge is -2.31. The van der Waals surface area contributed by atoms with E-state index in [0.29, 0.717) is 32.9 Å². The van der Waals surface area contributed by atoms with Gasteiger partial charge < -0.3 is 48.5 Å². The van der Waals surface area contributed by atoms with Gasteiger partial charge in [-0.1, -0.05) is 263 Å². The van der Waals surface area contributed by atoms with Gasteiger partial charge in [-0.3, -0.25) is 34.6 Å². The zero-order valence-corrected chi connectivity index (χ0v) is 74.0. The summed E-state index contributed by atoms with van der Waals surface area (Å²) in [4.78, 5) is 66.5. The fourth-order valence-corrected chi connectivity index (χ4v) is 15.2. The van der Waals surface area contributed by atoms with Crippen molar-refractivity contribution in [3.63, 3.8) is 0 Å². The maximum absolute atomic E-state index is 11.5. The van der Waals surface area contributed by atoms with Crippen LogP contribution in [0.4, 0.5) is 39.8 Å². The number of aryl methyl sites for hydroxylation is 3. The third-order valence-electron chi connectivity index (χ3n) is 20.6. The molecule has 0 spiro atoms. The molecule has 0 amide bonds. The van der Waals surface area contributed by atoms with Gasteiger partial charge in [0.05, 0.1) is 25.9 Å². The number of nitriles is 1. The van der Waals surface area contributed by atoms with Crippen molar-refractivity contribution in [2.24, 2.45) is 0 Å². The fraction of sp³-hybridized carbons (Fsp3) is 0.327. The van der Waals surface area contributed by atoms with Crippen molar-refractivity contribution in [2.45, 2.75) is 126 Å². The largest absolute Gasteiger partial charge is 0.465 e. The van der Waals surface area contributed by atoms with E-state index in [4.69, 9.17) is 39.7 Å². The molecule has 0 N–H and O–H groups in total. The number of benzene rings is 11. The van der Waals surface area contributed by atoms with Crippen molar-refractivity contribution in [1.82, 2.24) is 0 Å². The van der Waals surface area contributed by atoms with E-state index < -0.39 is 9.85 Å². The summed E-state index contributed by atoms with van der Waals surface area (Å²) < 4.78 is 14.8. The predicted octanol–water partition coefficient (Wildman–Crippen LogP) is 20.4. The number of esters is 3. The molecule has 6 aliphatic rings. The number of para-hydroxylation sites is 7. The lowest BCUT2D eigenvalue weighted by Crippen LogP contribution is -2.35. The van der Waals surface area contributed by atoms with Gasteiger partial charge in [0.15, 0.2) is 14.1 Å². The van der Waals surface area contributed by atoms with E-state index in [-0.39, 0.29) is 24.5 Å². The third-order valence-corrected chi connectivity index (χ3v) is 20.6. The van der Waals surface area contributed by atoms with Crippen molar-refractivity contribution in [3.8, 4) is 6.07 Å². The van der Waals surface area contributed by atoms with Crippen molar-refractivity contribution in [1.29, 1.82) is 5.26 Å². The van der Waals surface area contributed by atoms with E-state index in [1.165, 1.54) is 148 Å². The first-order valence-electron chi connectivity index (χ1n) is 43.3. The molecule has 6 heterocycles. The first kappa shape index (κ1) is 97.8. The zero-order chi connectivity index (χ0) is 88.9. The van der Waals surface area contributed by atoms with E-state index in [1.807, 2.05) is 94.2 Å². The normalized spacial score (nSPS) is 12.7. The average Bonchev–Trinajstić information content (AvgIpc) is 1.81. The minimum atomic E-state index is -0.500. The molecule has 0 aliphatic carbocycles. The Labute approximate surface area is 736 Å². The number of ether oxygens (including phenoxy) is 3. The number of rotatable bonds is 18. The van der Waals surface area contributed by atoms with Crippen LogP contribution in [0, 0.1) is 31.6 Å². The molecule has 124 heavy (non-hydrogen) atoms. The van der Waals surface area contributed by atoms with Crippen molar-refractivity contribution in [2.75, 3.05) is 134 Å². The number of likely N-dealkylation sites (N-methyl/N-ethyl adjacent to an activating group) is 1. The minimum absolute atomic E-state index is 0.140. The van der Waals surface area contributed by atoms with Crippen LogP contribution in [0.2, 0.25) is 0 Å². The van der Waals surface area contributed by atoms with Crippen molar-refractivity contribution in [3.05, 3.63) is 373 Å². The summed E-state index contributed by atoms with van der Waals surface area (Å²) in [5.74, 6) is -0.479. The molecule has 0 radical (unpaired) electrons. The van der Waals surface area contributed by atoms with Gasteiger partial charge in [-0.05, 0) is 183 Å². The van der Waals surface area contributed by atoms with Crippen molar-refractivity contribution < 1.29 is 38.4 Å². The molecule has 652 valence electrons. The van der Waals surface area contributed by atoms with Crippen LogP contribution in [-0.4, -0.2) is 128 Å². The number of carbonyl (C=O) groups excluding carboxylic acids is 3. The molecule has 6 aliphatic heterocycles. The highest BCUT2D eigenvalue weighted by Gasteiger charge is 2.24. The van der Waals surface area contributed by atoms with Gasteiger partial charge in [0, 0.05) is 129 Å². The van der Waals surface area contributed by atoms with Gasteiger partial charge >= 0.3 is 17.9 Å². The Morgan fingerprint density at radius 3 is 0.815 bits per heavy atom. The second-order valence-corrected chi connectivity index (χ2v) is 29.5. The third kappa shape index (κ3) is 34.7.